The molecule has 0 N–H and O–H groups in total. The van der Waals surface area contributed by atoms with Gasteiger partial charge in [0.1, 0.15) is 18.1 Å². The van der Waals surface area contributed by atoms with Crippen LogP contribution in [-0.4, -0.2) is 61.5 Å². The van der Waals surface area contributed by atoms with Crippen LogP contribution >= 0.6 is 15.9 Å². The first kappa shape index (κ1) is 19.3. The zero-order valence-corrected chi connectivity index (χ0v) is 15.4. The third kappa shape index (κ3) is 6.14. The molecule has 2 rings (SSSR count). The Labute approximate surface area is 148 Å². The van der Waals surface area contributed by atoms with Crippen molar-refractivity contribution in [2.24, 2.45) is 0 Å². The zero-order valence-electron chi connectivity index (χ0n) is 13.8. The van der Waals surface area contributed by atoms with Crippen molar-refractivity contribution in [3.63, 3.8) is 0 Å². The molecular weight excluding hydrogens is 389 g/mol. The number of piperazine rings is 1. The highest BCUT2D eigenvalue weighted by atomic mass is 79.9. The number of rotatable bonds is 6. The maximum atomic E-state index is 12.3. The Kier molecular flexibility index (Phi) is 6.77. The molecule has 4 nitrogen and oxygen atoms in total. The van der Waals surface area contributed by atoms with E-state index < -0.39 is 6.36 Å². The Morgan fingerprint density at radius 1 is 1.17 bits per heavy atom. The molecular formula is C16H22BrF3N2O2. The molecule has 1 aromatic carbocycles. The van der Waals surface area contributed by atoms with Crippen molar-refractivity contribution in [1.82, 2.24) is 9.80 Å². The smallest absolute Gasteiger partial charge is 0.492 e. The van der Waals surface area contributed by atoms with E-state index in [1.165, 1.54) is 12.1 Å². The maximum absolute atomic E-state index is 12.3. The SMILES string of the molecule is CC(C)N1CCN(CCOc2ccc(Br)c(OC(F)(F)F)c2)CC1. The van der Waals surface area contributed by atoms with Gasteiger partial charge in [-0.3, -0.25) is 9.80 Å². The lowest BCUT2D eigenvalue weighted by Crippen LogP contribution is -2.49. The van der Waals surface area contributed by atoms with Crippen LogP contribution in [0.4, 0.5) is 13.2 Å². The molecule has 0 bridgehead atoms. The first-order valence-corrected chi connectivity index (χ1v) is 8.68. The number of nitrogens with zero attached hydrogens (tertiary/aromatic N) is 2. The molecule has 136 valence electrons. The van der Waals surface area contributed by atoms with Crippen molar-refractivity contribution < 1.29 is 22.6 Å². The van der Waals surface area contributed by atoms with Gasteiger partial charge in [0.25, 0.3) is 0 Å². The van der Waals surface area contributed by atoms with E-state index in [0.29, 0.717) is 18.4 Å². The molecule has 0 aromatic heterocycles. The summed E-state index contributed by atoms with van der Waals surface area (Å²) < 4.78 is 46.8. The van der Waals surface area contributed by atoms with Gasteiger partial charge in [-0.1, -0.05) is 0 Å². The molecule has 0 saturated carbocycles. The Morgan fingerprint density at radius 2 is 1.83 bits per heavy atom. The molecule has 0 radical (unpaired) electrons. The number of benzene rings is 1. The normalized spacial score (nSPS) is 17.3. The lowest BCUT2D eigenvalue weighted by atomic mass is 10.2. The molecule has 0 atom stereocenters. The quantitative estimate of drug-likeness (QED) is 0.712. The second kappa shape index (κ2) is 8.40. The van der Waals surface area contributed by atoms with Gasteiger partial charge in [-0.15, -0.1) is 13.2 Å². The number of ether oxygens (including phenoxy) is 2. The van der Waals surface area contributed by atoms with Crippen LogP contribution in [0.5, 0.6) is 11.5 Å². The van der Waals surface area contributed by atoms with Gasteiger partial charge in [-0.05, 0) is 41.9 Å². The Hall–Kier alpha value is -0.990. The summed E-state index contributed by atoms with van der Waals surface area (Å²) in [6.45, 7) is 9.56. The topological polar surface area (TPSA) is 24.9 Å². The highest BCUT2D eigenvalue weighted by molar-refractivity contribution is 9.10. The van der Waals surface area contributed by atoms with E-state index in [-0.39, 0.29) is 10.2 Å². The lowest BCUT2D eigenvalue weighted by Gasteiger charge is -2.36. The molecule has 8 heteroatoms. The van der Waals surface area contributed by atoms with E-state index in [2.05, 4.69) is 44.3 Å². The number of alkyl halides is 3. The molecule has 0 spiro atoms. The van der Waals surface area contributed by atoms with Crippen molar-refractivity contribution >= 4 is 15.9 Å². The van der Waals surface area contributed by atoms with E-state index in [0.717, 1.165) is 32.7 Å². The van der Waals surface area contributed by atoms with Gasteiger partial charge in [-0.25, -0.2) is 0 Å². The van der Waals surface area contributed by atoms with Gasteiger partial charge in [0, 0.05) is 44.8 Å². The summed E-state index contributed by atoms with van der Waals surface area (Å²) in [6, 6.07) is 4.90. The first-order valence-electron chi connectivity index (χ1n) is 7.89. The third-order valence-electron chi connectivity index (χ3n) is 3.94. The average Bonchev–Trinajstić information content (AvgIpc) is 2.49. The highest BCUT2D eigenvalue weighted by Gasteiger charge is 2.32. The standard InChI is InChI=1S/C16H22BrF3N2O2/c1-12(2)22-7-5-21(6-8-22)9-10-23-13-3-4-14(17)15(11-13)24-16(18,19)20/h3-4,11-12H,5-10H2,1-2H3. The van der Waals surface area contributed by atoms with Crippen LogP contribution in [0.2, 0.25) is 0 Å². The summed E-state index contributed by atoms with van der Waals surface area (Å²) in [5.74, 6) is 0.0591. The van der Waals surface area contributed by atoms with Crippen molar-refractivity contribution in [3.8, 4) is 11.5 Å². The third-order valence-corrected chi connectivity index (χ3v) is 4.60. The second-order valence-electron chi connectivity index (χ2n) is 5.96. The minimum atomic E-state index is -4.72. The van der Waals surface area contributed by atoms with E-state index in [1.807, 2.05) is 0 Å². The molecule has 0 aliphatic carbocycles. The van der Waals surface area contributed by atoms with Crippen LogP contribution in [0.3, 0.4) is 0 Å². The van der Waals surface area contributed by atoms with E-state index in [9.17, 15) is 13.2 Å². The van der Waals surface area contributed by atoms with E-state index in [1.54, 1.807) is 6.07 Å². The second-order valence-corrected chi connectivity index (χ2v) is 6.81. The molecule has 0 unspecified atom stereocenters. The molecule has 1 aliphatic rings. The monoisotopic (exact) mass is 410 g/mol. The van der Waals surface area contributed by atoms with Crippen molar-refractivity contribution in [2.75, 3.05) is 39.3 Å². The number of hydrogen-bond acceptors (Lipinski definition) is 4. The summed E-state index contributed by atoms with van der Waals surface area (Å²) in [5.41, 5.74) is 0. The van der Waals surface area contributed by atoms with Crippen LogP contribution in [-0.2, 0) is 0 Å². The maximum Gasteiger partial charge on any atom is 0.573 e. The number of hydrogen-bond donors (Lipinski definition) is 0. The van der Waals surface area contributed by atoms with Crippen LogP contribution in [0, 0.1) is 0 Å². The van der Waals surface area contributed by atoms with Gasteiger partial charge < -0.3 is 9.47 Å². The lowest BCUT2D eigenvalue weighted by molar-refractivity contribution is -0.274. The van der Waals surface area contributed by atoms with Gasteiger partial charge in [0.15, 0.2) is 0 Å². The molecule has 1 aromatic rings. The molecule has 1 fully saturated rings. The van der Waals surface area contributed by atoms with Crippen LogP contribution in [0.15, 0.2) is 22.7 Å². The fourth-order valence-corrected chi connectivity index (χ4v) is 2.90. The molecule has 1 aliphatic heterocycles. The van der Waals surface area contributed by atoms with Gasteiger partial charge in [0.2, 0.25) is 0 Å². The Morgan fingerprint density at radius 3 is 2.42 bits per heavy atom. The summed E-state index contributed by atoms with van der Waals surface area (Å²) in [5, 5.41) is 0. The molecule has 0 amide bonds. The van der Waals surface area contributed by atoms with E-state index in [4.69, 9.17) is 4.74 Å². The van der Waals surface area contributed by atoms with Crippen molar-refractivity contribution in [2.45, 2.75) is 26.3 Å². The van der Waals surface area contributed by atoms with Crippen LogP contribution in [0.25, 0.3) is 0 Å². The summed E-state index contributed by atoms with van der Waals surface area (Å²) in [6.07, 6.45) is -4.72. The van der Waals surface area contributed by atoms with Gasteiger partial charge >= 0.3 is 6.36 Å². The zero-order chi connectivity index (χ0) is 17.7. The summed E-state index contributed by atoms with van der Waals surface area (Å²) in [4.78, 5) is 4.72. The van der Waals surface area contributed by atoms with Crippen molar-refractivity contribution in [1.29, 1.82) is 0 Å². The summed E-state index contributed by atoms with van der Waals surface area (Å²) in [7, 11) is 0. The predicted octanol–water partition coefficient (Wildman–Crippen LogP) is 3.75. The Balaban J connectivity index is 1.79. The van der Waals surface area contributed by atoms with Crippen molar-refractivity contribution in [3.05, 3.63) is 22.7 Å². The Bertz CT molecular complexity index is 533. The first-order chi connectivity index (χ1) is 11.2. The fraction of sp³-hybridized carbons (Fsp3) is 0.625. The van der Waals surface area contributed by atoms with Gasteiger partial charge in [0.05, 0.1) is 4.47 Å². The van der Waals surface area contributed by atoms with Crippen LogP contribution in [0.1, 0.15) is 13.8 Å². The van der Waals surface area contributed by atoms with Crippen LogP contribution < -0.4 is 9.47 Å². The number of halogens is 4. The minimum absolute atomic E-state index is 0.233. The van der Waals surface area contributed by atoms with E-state index >= 15 is 0 Å². The average molecular weight is 411 g/mol. The fourth-order valence-electron chi connectivity index (χ4n) is 2.57. The minimum Gasteiger partial charge on any atom is -0.492 e. The van der Waals surface area contributed by atoms with Gasteiger partial charge in [-0.2, -0.15) is 0 Å². The predicted molar refractivity (Wildman–Crippen MR) is 89.5 cm³/mol. The summed E-state index contributed by atoms with van der Waals surface area (Å²) >= 11 is 3.04. The molecule has 24 heavy (non-hydrogen) atoms. The molecule has 1 saturated heterocycles. The largest absolute Gasteiger partial charge is 0.573 e. The molecule has 1 heterocycles. The highest BCUT2D eigenvalue weighted by Crippen LogP contribution is 2.33.